The lowest BCUT2D eigenvalue weighted by molar-refractivity contribution is 0.599. The van der Waals surface area contributed by atoms with Gasteiger partial charge in [-0.1, -0.05) is 36.4 Å². The number of rotatable bonds is 3. The molecule has 88 valence electrons. The summed E-state index contributed by atoms with van der Waals surface area (Å²) in [6.07, 6.45) is 0. The van der Waals surface area contributed by atoms with E-state index in [1.165, 1.54) is 0 Å². The first kappa shape index (κ1) is 12.0. The minimum Gasteiger partial charge on any atom is -0.588 e. The summed E-state index contributed by atoms with van der Waals surface area (Å²) >= 11 is -1.21. The molecule has 0 aliphatic heterocycles. The molecule has 1 N–H and O–H groups in total. The summed E-state index contributed by atoms with van der Waals surface area (Å²) in [5.41, 5.74) is 3.04. The summed E-state index contributed by atoms with van der Waals surface area (Å²) in [5.74, 6) is 0. The Morgan fingerprint density at radius 1 is 0.882 bits per heavy atom. The molecule has 0 radical (unpaired) electrons. The molecule has 2 rings (SSSR count). The smallest absolute Gasteiger partial charge is 0.182 e. The molecule has 0 aromatic heterocycles. The molecule has 0 amide bonds. The van der Waals surface area contributed by atoms with Crippen molar-refractivity contribution < 1.29 is 4.55 Å². The Morgan fingerprint density at radius 2 is 1.47 bits per heavy atom. The van der Waals surface area contributed by atoms with Gasteiger partial charge in [0.05, 0.1) is 5.69 Å². The molecule has 0 spiro atoms. The van der Waals surface area contributed by atoms with E-state index >= 15 is 0 Å². The summed E-state index contributed by atoms with van der Waals surface area (Å²) < 4.78 is 15.2. The van der Waals surface area contributed by atoms with Crippen LogP contribution in [-0.4, -0.2) is 4.55 Å². The average molecular weight is 245 g/mol. The molecule has 0 heterocycles. The number of hydrogen-bond acceptors (Lipinski definition) is 2. The van der Waals surface area contributed by atoms with Gasteiger partial charge in [-0.15, -0.1) is 0 Å². The molecule has 1 unspecified atom stereocenters. The van der Waals surface area contributed by atoms with Crippen LogP contribution in [0, 0.1) is 13.8 Å². The summed E-state index contributed by atoms with van der Waals surface area (Å²) in [7, 11) is 0. The van der Waals surface area contributed by atoms with Gasteiger partial charge in [-0.05, 0) is 31.5 Å². The van der Waals surface area contributed by atoms with Crippen LogP contribution in [0.15, 0.2) is 53.4 Å². The molecule has 0 saturated carbocycles. The largest absolute Gasteiger partial charge is 0.588 e. The molecular formula is C14H15NOS. The number of anilines is 1. The van der Waals surface area contributed by atoms with E-state index in [4.69, 9.17) is 0 Å². The topological polar surface area (TPSA) is 35.1 Å². The fourth-order valence-electron chi connectivity index (χ4n) is 1.61. The normalized spacial score (nSPS) is 12.2. The number of aryl methyl sites for hydroxylation is 2. The maximum atomic E-state index is 12.2. The van der Waals surface area contributed by atoms with Gasteiger partial charge in [0.1, 0.15) is 11.4 Å². The molecule has 2 nitrogen and oxygen atoms in total. The molecule has 1 atom stereocenters. The van der Waals surface area contributed by atoms with E-state index in [1.54, 1.807) is 0 Å². The van der Waals surface area contributed by atoms with Crippen LogP contribution < -0.4 is 4.72 Å². The van der Waals surface area contributed by atoms with Crippen LogP contribution in [0.5, 0.6) is 0 Å². The molecule has 2 aromatic carbocycles. The number of hydrogen-bond donors (Lipinski definition) is 1. The fraction of sp³-hybridized carbons (Fsp3) is 0.143. The highest BCUT2D eigenvalue weighted by molar-refractivity contribution is 7.92. The molecule has 3 heteroatoms. The molecule has 17 heavy (non-hydrogen) atoms. The van der Waals surface area contributed by atoms with Crippen molar-refractivity contribution in [1.29, 1.82) is 0 Å². The van der Waals surface area contributed by atoms with Crippen molar-refractivity contribution in [1.82, 2.24) is 0 Å². The van der Waals surface area contributed by atoms with Gasteiger partial charge in [-0.25, -0.2) is 4.72 Å². The standard InChI is InChI=1S/C14H15NOS/c1-11-7-3-5-9-13(11)15-17(16)14-10-6-4-8-12(14)2/h3-10,15H,1-2H3. The molecule has 0 aliphatic rings. The third-order valence-electron chi connectivity index (χ3n) is 2.64. The lowest BCUT2D eigenvalue weighted by Crippen LogP contribution is -2.14. The highest BCUT2D eigenvalue weighted by Crippen LogP contribution is 2.21. The van der Waals surface area contributed by atoms with Gasteiger partial charge in [-0.2, -0.15) is 0 Å². The monoisotopic (exact) mass is 245 g/mol. The lowest BCUT2D eigenvalue weighted by Gasteiger charge is -2.14. The van der Waals surface area contributed by atoms with Crippen LogP contribution in [0.3, 0.4) is 0 Å². The molecular weight excluding hydrogens is 230 g/mol. The van der Waals surface area contributed by atoms with E-state index in [1.807, 2.05) is 62.4 Å². The molecule has 0 fully saturated rings. The van der Waals surface area contributed by atoms with Crippen LogP contribution in [0.4, 0.5) is 5.69 Å². The lowest BCUT2D eigenvalue weighted by atomic mass is 10.2. The minimum absolute atomic E-state index is 0.829. The van der Waals surface area contributed by atoms with E-state index in [2.05, 4.69) is 4.72 Å². The fourth-order valence-corrected chi connectivity index (χ4v) is 2.71. The van der Waals surface area contributed by atoms with Crippen molar-refractivity contribution in [2.24, 2.45) is 0 Å². The molecule has 0 saturated heterocycles. The van der Waals surface area contributed by atoms with Crippen molar-refractivity contribution >= 4 is 17.0 Å². The van der Waals surface area contributed by atoms with E-state index in [9.17, 15) is 4.55 Å². The zero-order valence-corrected chi connectivity index (χ0v) is 10.8. The second-order valence-corrected chi connectivity index (χ2v) is 5.13. The maximum Gasteiger partial charge on any atom is 0.182 e. The van der Waals surface area contributed by atoms with E-state index in [0.29, 0.717) is 0 Å². The molecule has 0 aliphatic carbocycles. The van der Waals surface area contributed by atoms with Crippen molar-refractivity contribution in [2.75, 3.05) is 4.72 Å². The molecule has 2 aromatic rings. The van der Waals surface area contributed by atoms with E-state index in [0.717, 1.165) is 21.7 Å². The Hall–Kier alpha value is -1.45. The average Bonchev–Trinajstić information content (AvgIpc) is 2.32. The third kappa shape index (κ3) is 2.81. The first-order valence-corrected chi connectivity index (χ1v) is 6.63. The van der Waals surface area contributed by atoms with Crippen LogP contribution in [-0.2, 0) is 11.4 Å². The van der Waals surface area contributed by atoms with Gasteiger partial charge in [0, 0.05) is 5.56 Å². The Bertz CT molecular complexity index is 513. The van der Waals surface area contributed by atoms with Gasteiger partial charge in [-0.3, -0.25) is 0 Å². The highest BCUT2D eigenvalue weighted by Gasteiger charge is 2.14. The number of benzene rings is 2. The minimum atomic E-state index is -1.21. The first-order valence-electron chi connectivity index (χ1n) is 5.48. The van der Waals surface area contributed by atoms with Crippen LogP contribution >= 0.6 is 0 Å². The zero-order valence-electron chi connectivity index (χ0n) is 9.94. The zero-order chi connectivity index (χ0) is 12.3. The predicted molar refractivity (Wildman–Crippen MR) is 72.4 cm³/mol. The first-order chi connectivity index (χ1) is 8.18. The summed E-state index contributed by atoms with van der Waals surface area (Å²) in [5, 5.41) is 0. The van der Waals surface area contributed by atoms with Crippen LogP contribution in [0.1, 0.15) is 11.1 Å². The quantitative estimate of drug-likeness (QED) is 0.841. The highest BCUT2D eigenvalue weighted by atomic mass is 32.2. The summed E-state index contributed by atoms with van der Waals surface area (Å²) in [4.78, 5) is 0.829. The van der Waals surface area contributed by atoms with Crippen molar-refractivity contribution in [3.8, 4) is 0 Å². The summed E-state index contributed by atoms with van der Waals surface area (Å²) in [6, 6.07) is 15.5. The van der Waals surface area contributed by atoms with E-state index < -0.39 is 11.4 Å². The van der Waals surface area contributed by atoms with Gasteiger partial charge < -0.3 is 4.55 Å². The Kier molecular flexibility index (Phi) is 3.71. The SMILES string of the molecule is Cc1ccccc1N[S+]([O-])c1ccccc1C. The van der Waals surface area contributed by atoms with Crippen molar-refractivity contribution in [2.45, 2.75) is 18.7 Å². The van der Waals surface area contributed by atoms with E-state index in [-0.39, 0.29) is 0 Å². The predicted octanol–water partition coefficient (Wildman–Crippen LogP) is 3.44. The van der Waals surface area contributed by atoms with Gasteiger partial charge >= 0.3 is 0 Å². The third-order valence-corrected chi connectivity index (χ3v) is 3.90. The van der Waals surface area contributed by atoms with Gasteiger partial charge in [0.25, 0.3) is 0 Å². The van der Waals surface area contributed by atoms with Crippen LogP contribution in [0.2, 0.25) is 0 Å². The second-order valence-electron chi connectivity index (χ2n) is 3.95. The Labute approximate surface area is 105 Å². The van der Waals surface area contributed by atoms with Crippen LogP contribution in [0.25, 0.3) is 0 Å². The maximum absolute atomic E-state index is 12.2. The number of para-hydroxylation sites is 1. The second kappa shape index (κ2) is 5.25. The van der Waals surface area contributed by atoms with Gasteiger partial charge in [0.2, 0.25) is 0 Å². The summed E-state index contributed by atoms with van der Waals surface area (Å²) in [6.45, 7) is 3.96. The van der Waals surface area contributed by atoms with Crippen molar-refractivity contribution in [3.63, 3.8) is 0 Å². The van der Waals surface area contributed by atoms with Gasteiger partial charge in [0.15, 0.2) is 4.90 Å². The van der Waals surface area contributed by atoms with Crippen molar-refractivity contribution in [3.05, 3.63) is 59.7 Å². The Morgan fingerprint density at radius 3 is 2.12 bits per heavy atom. The number of nitrogens with one attached hydrogen (secondary N) is 1. The molecule has 0 bridgehead atoms. The Balaban J connectivity index is 2.20.